The molecule has 4 atom stereocenters. The molecule has 0 aliphatic rings. The largest absolute Gasteiger partial charge is 0.388 e. The van der Waals surface area contributed by atoms with E-state index < -0.39 is 7.30 Å². The first-order valence-corrected chi connectivity index (χ1v) is 8.48. The standard InChI is InChI=1S/C2H8O2P4/c3-1-2(4)8(6)7-5/h3,7H,1,5-6H2. The summed E-state index contributed by atoms with van der Waals surface area (Å²) in [7, 11) is 4.87. The third kappa shape index (κ3) is 3.39. The Hall–Kier alpha value is 1.35. The van der Waals surface area contributed by atoms with E-state index >= 15 is 0 Å². The molecule has 48 valence electrons. The zero-order valence-corrected chi connectivity index (χ0v) is 8.37. The summed E-state index contributed by atoms with van der Waals surface area (Å²) in [4.78, 5) is 10.5. The van der Waals surface area contributed by atoms with E-state index in [9.17, 15) is 4.79 Å². The highest BCUT2D eigenvalue weighted by atomic mass is 32.6. The molecule has 0 radical (unpaired) electrons. The van der Waals surface area contributed by atoms with Crippen molar-refractivity contribution in [2.45, 2.75) is 0 Å². The van der Waals surface area contributed by atoms with Gasteiger partial charge in [-0.15, -0.1) is 8.93 Å². The fraction of sp³-hybridized carbons (Fsp3) is 0.500. The van der Waals surface area contributed by atoms with Gasteiger partial charge in [-0.3, -0.25) is 4.79 Å². The van der Waals surface area contributed by atoms with Crippen LogP contribution in [0, 0.1) is 0 Å². The Kier molecular flexibility index (Phi) is 6.03. The lowest BCUT2D eigenvalue weighted by atomic mass is 10.8. The van der Waals surface area contributed by atoms with Crippen molar-refractivity contribution in [2.24, 2.45) is 0 Å². The summed E-state index contributed by atoms with van der Waals surface area (Å²) in [5.41, 5.74) is -0.0432. The number of hydrogen-bond acceptors (Lipinski definition) is 2. The van der Waals surface area contributed by atoms with Crippen LogP contribution in [0.1, 0.15) is 0 Å². The normalized spacial score (nSPS) is 14.9. The van der Waals surface area contributed by atoms with Gasteiger partial charge in [-0.05, 0) is 0 Å². The van der Waals surface area contributed by atoms with Crippen molar-refractivity contribution < 1.29 is 9.90 Å². The van der Waals surface area contributed by atoms with Crippen LogP contribution in [0.5, 0.6) is 0 Å². The molecule has 0 aromatic rings. The fourth-order valence-electron chi connectivity index (χ4n) is 0.148. The number of aliphatic hydroxyl groups is 1. The maximum absolute atomic E-state index is 10.5. The molecule has 0 bridgehead atoms. The molecule has 0 saturated heterocycles. The molecule has 2 nitrogen and oxygen atoms in total. The number of carbonyl (C=O) groups excluding carboxylic acids is 1. The van der Waals surface area contributed by atoms with Crippen LogP contribution in [0.3, 0.4) is 0 Å². The van der Waals surface area contributed by atoms with Crippen LogP contribution < -0.4 is 0 Å². The summed E-state index contributed by atoms with van der Waals surface area (Å²) in [5.74, 6) is 0. The molecule has 0 aliphatic heterocycles. The van der Waals surface area contributed by atoms with Gasteiger partial charge in [0.05, 0.1) is 0 Å². The molecule has 6 heteroatoms. The minimum Gasteiger partial charge on any atom is -0.388 e. The predicted molar refractivity (Wildman–Crippen MR) is 46.7 cm³/mol. The molecule has 0 spiro atoms. The molecule has 0 aliphatic carbocycles. The zero-order chi connectivity index (χ0) is 6.57. The van der Waals surface area contributed by atoms with Gasteiger partial charge < -0.3 is 5.11 Å². The van der Waals surface area contributed by atoms with Crippen LogP contribution in [0.25, 0.3) is 0 Å². The Morgan fingerprint density at radius 3 is 2.50 bits per heavy atom. The Balaban J connectivity index is 3.46. The van der Waals surface area contributed by atoms with Crippen molar-refractivity contribution in [2.75, 3.05) is 6.61 Å². The smallest absolute Gasteiger partial charge is 0.187 e. The zero-order valence-electron chi connectivity index (χ0n) is 4.16. The summed E-state index contributed by atoms with van der Waals surface area (Å²) in [6.07, 6.45) is 0. The van der Waals surface area contributed by atoms with Crippen LogP contribution >= 0.6 is 33.1 Å². The number of carbonyl (C=O) groups is 1. The van der Waals surface area contributed by atoms with E-state index in [2.05, 4.69) is 17.9 Å². The van der Waals surface area contributed by atoms with E-state index in [1.54, 1.807) is 0 Å². The number of rotatable bonds is 3. The number of hydrogen-bond donors (Lipinski definition) is 1. The fourth-order valence-corrected chi connectivity index (χ4v) is 2.63. The van der Waals surface area contributed by atoms with Crippen LogP contribution in [-0.2, 0) is 4.79 Å². The quantitative estimate of drug-likeness (QED) is 0.674. The lowest BCUT2D eigenvalue weighted by molar-refractivity contribution is -0.113. The Labute approximate surface area is 55.8 Å². The molecule has 0 aromatic carbocycles. The molecule has 8 heavy (non-hydrogen) atoms. The lowest BCUT2D eigenvalue weighted by Crippen LogP contribution is -1.94. The van der Waals surface area contributed by atoms with Gasteiger partial charge in [-0.25, -0.2) is 0 Å². The highest BCUT2D eigenvalue weighted by molar-refractivity contribution is 8.66. The van der Waals surface area contributed by atoms with Gasteiger partial charge >= 0.3 is 0 Å². The molecule has 0 saturated carbocycles. The second-order valence-corrected chi connectivity index (χ2v) is 10.2. The van der Waals surface area contributed by atoms with Gasteiger partial charge in [0.2, 0.25) is 0 Å². The summed E-state index contributed by atoms with van der Waals surface area (Å²) in [6, 6.07) is 0. The average molecular weight is 188 g/mol. The molecular weight excluding hydrogens is 180 g/mol. The van der Waals surface area contributed by atoms with Gasteiger partial charge in [-0.1, -0.05) is 16.9 Å². The monoisotopic (exact) mass is 188 g/mol. The summed E-state index contributed by atoms with van der Waals surface area (Å²) in [5, 5.41) is 8.28. The molecular formula is C2H8O2P4. The van der Waals surface area contributed by atoms with Crippen molar-refractivity contribution in [1.29, 1.82) is 0 Å². The maximum Gasteiger partial charge on any atom is 0.187 e. The Morgan fingerprint density at radius 1 is 1.88 bits per heavy atom. The van der Waals surface area contributed by atoms with E-state index in [1.165, 1.54) is 0 Å². The molecule has 0 aromatic heterocycles. The highest BCUT2D eigenvalue weighted by Crippen LogP contribution is 2.66. The Morgan fingerprint density at radius 2 is 2.38 bits per heavy atom. The number of aliphatic hydroxyl groups excluding tert-OH is 1. The van der Waals surface area contributed by atoms with Crippen molar-refractivity contribution in [3.05, 3.63) is 0 Å². The van der Waals surface area contributed by atoms with Gasteiger partial charge in [0.25, 0.3) is 0 Å². The first-order chi connectivity index (χ1) is 3.72. The van der Waals surface area contributed by atoms with Crippen LogP contribution in [0.4, 0.5) is 0 Å². The van der Waals surface area contributed by atoms with Gasteiger partial charge in [0.1, 0.15) is 6.61 Å². The lowest BCUT2D eigenvalue weighted by Gasteiger charge is -2.01. The third-order valence-electron chi connectivity index (χ3n) is 0.543. The SMILES string of the molecule is O=C(CO)P(P)PP. The molecule has 4 unspecified atom stereocenters. The average Bonchev–Trinajstić information content (AvgIpc) is 1.84. The molecule has 1 N–H and O–H groups in total. The van der Waals surface area contributed by atoms with Crippen LogP contribution in [0.2, 0.25) is 0 Å². The molecule has 0 amide bonds. The molecule has 0 rings (SSSR count). The highest BCUT2D eigenvalue weighted by Gasteiger charge is 2.06. The van der Waals surface area contributed by atoms with Crippen LogP contribution in [-0.4, -0.2) is 17.2 Å². The van der Waals surface area contributed by atoms with Crippen molar-refractivity contribution in [1.82, 2.24) is 0 Å². The summed E-state index contributed by atoms with van der Waals surface area (Å²) < 4.78 is 0. The van der Waals surface area contributed by atoms with E-state index in [0.29, 0.717) is 7.96 Å². The van der Waals surface area contributed by atoms with Crippen LogP contribution in [0.15, 0.2) is 0 Å². The van der Waals surface area contributed by atoms with Crippen molar-refractivity contribution in [3.8, 4) is 0 Å². The Bertz CT molecular complexity index is 84.1. The first-order valence-electron chi connectivity index (χ1n) is 1.87. The van der Waals surface area contributed by atoms with Crippen molar-refractivity contribution >= 4 is 38.6 Å². The van der Waals surface area contributed by atoms with E-state index in [0.717, 1.165) is 0 Å². The predicted octanol–water partition coefficient (Wildman–Crippen LogP) is 1.16. The minimum absolute atomic E-state index is 0.0432. The van der Waals surface area contributed by atoms with E-state index in [1.807, 2.05) is 0 Å². The topological polar surface area (TPSA) is 37.3 Å². The van der Waals surface area contributed by atoms with Gasteiger partial charge in [-0.2, -0.15) is 0 Å². The summed E-state index contributed by atoms with van der Waals surface area (Å²) in [6.45, 7) is -0.309. The third-order valence-corrected chi connectivity index (χ3v) is 10.5. The minimum atomic E-state index is -0.621. The van der Waals surface area contributed by atoms with E-state index in [-0.39, 0.29) is 12.1 Å². The van der Waals surface area contributed by atoms with E-state index in [4.69, 9.17) is 5.11 Å². The molecule has 0 fully saturated rings. The first kappa shape index (κ1) is 9.35. The van der Waals surface area contributed by atoms with Gasteiger partial charge in [0, 0.05) is 7.30 Å². The second-order valence-electron chi connectivity index (χ2n) is 1.05. The maximum atomic E-state index is 10.5. The van der Waals surface area contributed by atoms with Gasteiger partial charge in [0.15, 0.2) is 5.52 Å². The van der Waals surface area contributed by atoms with Crippen molar-refractivity contribution in [3.63, 3.8) is 0 Å². The summed E-state index contributed by atoms with van der Waals surface area (Å²) >= 11 is 0. The second kappa shape index (κ2) is 5.16. The molecule has 0 heterocycles.